The molecule has 0 saturated carbocycles. The molecule has 0 N–H and O–H groups in total. The number of nitrogens with zero attached hydrogens (tertiary/aromatic N) is 1. The third-order valence-electron chi connectivity index (χ3n) is 1.94. The molecule has 0 radical (unpaired) electrons. The van der Waals surface area contributed by atoms with Crippen LogP contribution in [0.25, 0.3) is 0 Å². The molecular weight excluding hydrogens is 319 g/mol. The lowest BCUT2D eigenvalue weighted by Gasteiger charge is -2.11. The van der Waals surface area contributed by atoms with Crippen molar-refractivity contribution in [2.75, 3.05) is 6.61 Å². The van der Waals surface area contributed by atoms with E-state index in [1.165, 1.54) is 6.07 Å². The zero-order valence-corrected chi connectivity index (χ0v) is 11.2. The third kappa shape index (κ3) is 3.35. The lowest BCUT2D eigenvalue weighted by atomic mass is 10.1. The van der Waals surface area contributed by atoms with Crippen LogP contribution in [-0.4, -0.2) is 17.6 Å². The number of hydrogen-bond acceptors (Lipinski definition) is 3. The Hall–Kier alpha value is -0.750. The first kappa shape index (κ1) is 14.3. The van der Waals surface area contributed by atoms with E-state index in [0.717, 1.165) is 0 Å². The molecule has 0 spiro atoms. The zero-order chi connectivity index (χ0) is 13.0. The Morgan fingerprint density at radius 1 is 1.65 bits per heavy atom. The van der Waals surface area contributed by atoms with Crippen LogP contribution in [0.1, 0.15) is 35.0 Å². The number of pyridine rings is 1. The standard InChI is InChI=1S/C10H9BrClF2NO2/c1-2-17-10(16)8-7(9(13)14)5(4-12)3-6(11)15-8/h3,9H,2,4H2,1H3. The lowest BCUT2D eigenvalue weighted by molar-refractivity contribution is 0.0507. The number of alkyl halides is 3. The van der Waals surface area contributed by atoms with Crippen molar-refractivity contribution in [1.82, 2.24) is 4.98 Å². The van der Waals surface area contributed by atoms with Crippen LogP contribution in [0.4, 0.5) is 8.78 Å². The van der Waals surface area contributed by atoms with Crippen molar-refractivity contribution in [2.45, 2.75) is 19.2 Å². The highest BCUT2D eigenvalue weighted by molar-refractivity contribution is 9.10. The maximum Gasteiger partial charge on any atom is 0.357 e. The predicted molar refractivity (Wildman–Crippen MR) is 62.4 cm³/mol. The second kappa shape index (κ2) is 6.26. The number of carbonyl (C=O) groups is 1. The van der Waals surface area contributed by atoms with Crippen LogP contribution in [0.2, 0.25) is 0 Å². The highest BCUT2D eigenvalue weighted by atomic mass is 79.9. The van der Waals surface area contributed by atoms with E-state index in [9.17, 15) is 13.6 Å². The van der Waals surface area contributed by atoms with Gasteiger partial charge < -0.3 is 4.74 Å². The molecule has 3 nitrogen and oxygen atoms in total. The van der Waals surface area contributed by atoms with Gasteiger partial charge in [-0.1, -0.05) is 0 Å². The van der Waals surface area contributed by atoms with E-state index in [-0.39, 0.29) is 22.7 Å². The van der Waals surface area contributed by atoms with Crippen LogP contribution in [0.3, 0.4) is 0 Å². The number of rotatable bonds is 4. The van der Waals surface area contributed by atoms with Crippen molar-refractivity contribution in [3.63, 3.8) is 0 Å². The minimum atomic E-state index is -2.83. The van der Waals surface area contributed by atoms with Gasteiger partial charge in [0.2, 0.25) is 0 Å². The molecule has 7 heteroatoms. The number of halogens is 4. The molecule has 0 saturated heterocycles. The summed E-state index contributed by atoms with van der Waals surface area (Å²) in [6.45, 7) is 1.67. The Labute approximate surface area is 110 Å². The molecule has 1 aromatic rings. The second-order valence-electron chi connectivity index (χ2n) is 3.02. The summed E-state index contributed by atoms with van der Waals surface area (Å²) in [5, 5.41) is 0. The first-order valence-electron chi connectivity index (χ1n) is 4.71. The molecule has 0 aliphatic rings. The lowest BCUT2D eigenvalue weighted by Crippen LogP contribution is -2.13. The minimum absolute atomic E-state index is 0.0892. The van der Waals surface area contributed by atoms with Crippen LogP contribution >= 0.6 is 27.5 Å². The maximum atomic E-state index is 12.9. The summed E-state index contributed by atoms with van der Waals surface area (Å²) in [6.07, 6.45) is -2.83. The van der Waals surface area contributed by atoms with Gasteiger partial charge in [-0.3, -0.25) is 0 Å². The van der Waals surface area contributed by atoms with Crippen molar-refractivity contribution >= 4 is 33.5 Å². The van der Waals surface area contributed by atoms with Crippen molar-refractivity contribution < 1.29 is 18.3 Å². The summed E-state index contributed by atoms with van der Waals surface area (Å²) in [4.78, 5) is 15.2. The van der Waals surface area contributed by atoms with Gasteiger partial charge in [0, 0.05) is 5.88 Å². The maximum absolute atomic E-state index is 12.9. The van der Waals surface area contributed by atoms with Crippen molar-refractivity contribution in [1.29, 1.82) is 0 Å². The fraction of sp³-hybridized carbons (Fsp3) is 0.400. The molecule has 17 heavy (non-hydrogen) atoms. The molecule has 1 heterocycles. The van der Waals surface area contributed by atoms with Crippen molar-refractivity contribution in [2.24, 2.45) is 0 Å². The van der Waals surface area contributed by atoms with E-state index in [4.69, 9.17) is 11.6 Å². The van der Waals surface area contributed by atoms with Gasteiger partial charge in [0.05, 0.1) is 12.2 Å². The zero-order valence-electron chi connectivity index (χ0n) is 8.84. The molecule has 0 atom stereocenters. The molecule has 0 bridgehead atoms. The normalized spacial score (nSPS) is 10.7. The number of aromatic nitrogens is 1. The second-order valence-corrected chi connectivity index (χ2v) is 4.10. The predicted octanol–water partition coefficient (Wildman–Crippen LogP) is 3.70. The van der Waals surface area contributed by atoms with E-state index in [1.807, 2.05) is 0 Å². The monoisotopic (exact) mass is 327 g/mol. The highest BCUT2D eigenvalue weighted by Crippen LogP contribution is 2.29. The van der Waals surface area contributed by atoms with Gasteiger partial charge in [0.15, 0.2) is 5.69 Å². The van der Waals surface area contributed by atoms with Crippen molar-refractivity contribution in [3.05, 3.63) is 27.5 Å². The van der Waals surface area contributed by atoms with Gasteiger partial charge in [-0.2, -0.15) is 0 Å². The van der Waals surface area contributed by atoms with Crippen LogP contribution in [0.5, 0.6) is 0 Å². The summed E-state index contributed by atoms with van der Waals surface area (Å²) in [6, 6.07) is 1.36. The molecule has 0 fully saturated rings. The molecule has 1 rings (SSSR count). The van der Waals surface area contributed by atoms with Gasteiger partial charge >= 0.3 is 5.97 Å². The topological polar surface area (TPSA) is 39.2 Å². The summed E-state index contributed by atoms with van der Waals surface area (Å²) in [5.41, 5.74) is -0.708. The van der Waals surface area contributed by atoms with E-state index in [1.54, 1.807) is 6.92 Å². The van der Waals surface area contributed by atoms with E-state index in [0.29, 0.717) is 0 Å². The summed E-state index contributed by atoms with van der Waals surface area (Å²) in [7, 11) is 0. The Balaban J connectivity index is 3.35. The fourth-order valence-corrected chi connectivity index (χ4v) is 1.96. The third-order valence-corrected chi connectivity index (χ3v) is 2.64. The molecule has 0 aromatic carbocycles. The largest absolute Gasteiger partial charge is 0.461 e. The average Bonchev–Trinajstić information content (AvgIpc) is 2.27. The number of esters is 1. The number of hydrogen-bond donors (Lipinski definition) is 0. The summed E-state index contributed by atoms with van der Waals surface area (Å²) < 4.78 is 30.7. The van der Waals surface area contributed by atoms with E-state index < -0.39 is 23.7 Å². The minimum Gasteiger partial charge on any atom is -0.461 e. The van der Waals surface area contributed by atoms with Crippen LogP contribution < -0.4 is 0 Å². The molecule has 1 aromatic heterocycles. The number of ether oxygens (including phenoxy) is 1. The first-order valence-corrected chi connectivity index (χ1v) is 6.04. The van der Waals surface area contributed by atoms with Gasteiger partial charge in [-0.15, -0.1) is 11.6 Å². The smallest absolute Gasteiger partial charge is 0.357 e. The fourth-order valence-electron chi connectivity index (χ4n) is 1.28. The molecule has 94 valence electrons. The van der Waals surface area contributed by atoms with Crippen LogP contribution in [-0.2, 0) is 10.6 Å². The van der Waals surface area contributed by atoms with Crippen LogP contribution in [0, 0.1) is 0 Å². The molecular formula is C10H9BrClF2NO2. The van der Waals surface area contributed by atoms with E-state index >= 15 is 0 Å². The first-order chi connectivity index (χ1) is 8.01. The average molecular weight is 329 g/mol. The Morgan fingerprint density at radius 3 is 2.76 bits per heavy atom. The molecule has 0 aliphatic carbocycles. The van der Waals surface area contributed by atoms with Crippen molar-refractivity contribution in [3.8, 4) is 0 Å². The van der Waals surface area contributed by atoms with E-state index in [2.05, 4.69) is 25.7 Å². The Morgan fingerprint density at radius 2 is 2.29 bits per heavy atom. The van der Waals surface area contributed by atoms with Gasteiger partial charge in [-0.25, -0.2) is 18.6 Å². The van der Waals surface area contributed by atoms with Gasteiger partial charge in [0.1, 0.15) is 4.60 Å². The van der Waals surface area contributed by atoms with Gasteiger partial charge in [-0.05, 0) is 34.5 Å². The summed E-state index contributed by atoms with van der Waals surface area (Å²) in [5.74, 6) is -1.01. The Kier molecular flexibility index (Phi) is 5.27. The molecule has 0 amide bonds. The SMILES string of the molecule is CCOC(=O)c1nc(Br)cc(CCl)c1C(F)F. The highest BCUT2D eigenvalue weighted by Gasteiger charge is 2.25. The molecule has 0 unspecified atom stereocenters. The van der Waals surface area contributed by atoms with Crippen LogP contribution in [0.15, 0.2) is 10.7 Å². The quantitative estimate of drug-likeness (QED) is 0.481. The summed E-state index contributed by atoms with van der Waals surface area (Å²) >= 11 is 8.60. The Bertz CT molecular complexity index is 429. The number of carbonyl (C=O) groups excluding carboxylic acids is 1. The molecule has 0 aliphatic heterocycles. The van der Waals surface area contributed by atoms with Gasteiger partial charge in [0.25, 0.3) is 6.43 Å².